The van der Waals surface area contributed by atoms with E-state index in [0.717, 1.165) is 11.1 Å². The third kappa shape index (κ3) is 20.2. The van der Waals surface area contributed by atoms with Crippen molar-refractivity contribution in [1.29, 1.82) is 0 Å². The fraction of sp³-hybridized carbons (Fsp3) is 0.400. The van der Waals surface area contributed by atoms with Crippen LogP contribution in [-0.4, -0.2) is 179 Å². The van der Waals surface area contributed by atoms with Crippen molar-refractivity contribution < 1.29 is 67.3 Å². The van der Waals surface area contributed by atoms with Gasteiger partial charge in [-0.3, -0.25) is 52.7 Å². The molecule has 0 aliphatic carbocycles. The molecule has 31 heteroatoms. The predicted octanol–water partition coefficient (Wildman–Crippen LogP) is 2.60. The number of unbranched alkanes of at least 4 members (excludes halogenated alkanes) is 1. The van der Waals surface area contributed by atoms with Crippen LogP contribution < -0.4 is 54.0 Å². The van der Waals surface area contributed by atoms with Gasteiger partial charge >= 0.3 is 5.97 Å². The first-order chi connectivity index (χ1) is 48.5. The minimum Gasteiger partial charge on any atom is -0.508 e. The number of aromatic nitrogens is 4. The van der Waals surface area contributed by atoms with Crippen LogP contribution in [0.25, 0.3) is 21.8 Å². The van der Waals surface area contributed by atoms with Gasteiger partial charge in [-0.2, -0.15) is 23.5 Å². The number of amides is 10. The van der Waals surface area contributed by atoms with Gasteiger partial charge in [0, 0.05) is 107 Å². The average molecular weight is 1430 g/mol. The Bertz CT molecular complexity index is 4140. The van der Waals surface area contributed by atoms with Crippen LogP contribution in [0, 0.1) is 5.82 Å². The maximum absolute atomic E-state index is 15.3. The first kappa shape index (κ1) is 74.9. The van der Waals surface area contributed by atoms with E-state index in [-0.39, 0.29) is 61.4 Å². The van der Waals surface area contributed by atoms with Crippen LogP contribution in [0.5, 0.6) is 5.75 Å². The minimum atomic E-state index is -2.02. The number of fused-ring (bicyclic) bond motifs is 5. The lowest BCUT2D eigenvalue weighted by atomic mass is 9.91. The smallest absolute Gasteiger partial charge is 0.305 e. The molecule has 101 heavy (non-hydrogen) atoms. The molecule has 4 aromatic carbocycles. The van der Waals surface area contributed by atoms with Gasteiger partial charge in [-0.15, -0.1) is 0 Å². The number of carbonyl (C=O) groups is 11. The van der Waals surface area contributed by atoms with Crippen molar-refractivity contribution in [2.45, 2.75) is 143 Å². The highest BCUT2D eigenvalue weighted by Crippen LogP contribution is 2.32. The number of nitrogens with zero attached hydrogens (tertiary/aromatic N) is 2. The summed E-state index contributed by atoms with van der Waals surface area (Å²) in [6, 6.07) is 13.7. The Morgan fingerprint density at radius 3 is 2.11 bits per heavy atom. The fourth-order valence-corrected chi connectivity index (χ4v) is 14.3. The highest BCUT2D eigenvalue weighted by molar-refractivity contribution is 7.98. The van der Waals surface area contributed by atoms with E-state index in [2.05, 4.69) is 62.5 Å². The number of H-pyrrole nitrogens is 3. The molecule has 1 saturated heterocycles. The Labute approximate surface area is 589 Å². The summed E-state index contributed by atoms with van der Waals surface area (Å²) in [7, 11) is 0. The zero-order valence-electron chi connectivity index (χ0n) is 55.7. The molecule has 9 atom stereocenters. The largest absolute Gasteiger partial charge is 0.508 e. The quantitative estimate of drug-likeness (QED) is 0.0656. The number of benzene rings is 4. The molecule has 2 aliphatic heterocycles. The zero-order chi connectivity index (χ0) is 72.3. The molecule has 17 N–H and O–H groups in total. The van der Waals surface area contributed by atoms with Gasteiger partial charge in [-0.1, -0.05) is 61.5 Å². The second-order valence-corrected chi connectivity index (χ2v) is 27.5. The summed E-state index contributed by atoms with van der Waals surface area (Å²) in [6.07, 6.45) is 5.28. The van der Waals surface area contributed by atoms with E-state index in [9.17, 15) is 43.8 Å². The molecule has 2 bridgehead atoms. The minimum absolute atomic E-state index is 0.0268. The van der Waals surface area contributed by atoms with E-state index in [1.165, 1.54) is 96.5 Å². The van der Waals surface area contributed by atoms with Gasteiger partial charge < -0.3 is 84.1 Å². The van der Waals surface area contributed by atoms with Crippen LogP contribution in [0.4, 0.5) is 4.39 Å². The van der Waals surface area contributed by atoms with Crippen molar-refractivity contribution in [3.8, 4) is 5.75 Å². The number of aliphatic carboxylic acids is 1. The molecule has 536 valence electrons. The number of aromatic amines is 3. The number of para-hydroxylation sites is 1. The van der Waals surface area contributed by atoms with Gasteiger partial charge in [0.15, 0.2) is 0 Å². The number of nitrogens with one attached hydrogen (secondary N) is 11. The number of primary amides is 1. The lowest BCUT2D eigenvalue weighted by Gasteiger charge is -2.37. The second kappa shape index (κ2) is 35.2. The first-order valence-corrected chi connectivity index (χ1v) is 35.5. The van der Waals surface area contributed by atoms with Gasteiger partial charge in [0.05, 0.1) is 19.3 Å². The molecule has 7 aromatic rings. The van der Waals surface area contributed by atoms with E-state index in [0.29, 0.717) is 76.0 Å². The number of carboxylic acid groups (broad SMARTS) is 1. The van der Waals surface area contributed by atoms with Gasteiger partial charge in [0.1, 0.15) is 59.4 Å². The highest BCUT2D eigenvalue weighted by Gasteiger charge is 2.49. The van der Waals surface area contributed by atoms with Crippen molar-refractivity contribution >= 4 is 110 Å². The Kier molecular flexibility index (Phi) is 26.1. The fourth-order valence-electron chi connectivity index (χ4n) is 12.4. The molecule has 5 heterocycles. The summed E-state index contributed by atoms with van der Waals surface area (Å²) in [5.41, 5.74) is 14.6. The van der Waals surface area contributed by atoms with Gasteiger partial charge in [0.2, 0.25) is 59.1 Å². The van der Waals surface area contributed by atoms with E-state index >= 15 is 23.6 Å². The number of nitrogens with two attached hydrogens (primary N) is 2. The molecule has 3 aromatic heterocycles. The Balaban J connectivity index is 1.06. The number of rotatable bonds is 15. The van der Waals surface area contributed by atoms with Crippen LogP contribution >= 0.6 is 23.5 Å². The number of carboxylic acids is 1. The standard InChI is InChI=1S/C70H84FN15O13S2/c1-39(49-33-76-50-12-4-3-11-47(49)50)61-67(97)82-53(27-43-31-75-51-19-16-44(71)28-48(43)51)64(94)81-55(30-60(90)91)66(96)80-54(29-45-32-74-38-78-45)65(95)83-56(26-40-14-17-46(87)18-15-40)68(98)86-23-8-21-70(86,2)69(99)84-57(62(73)92)37-101-36-42-10-7-9-41(25-42)35-100-24-20-58(88)79-52(13-5-6-22-72)63(93)77-34-59(89)85-61/h3-4,7,9-12,14-19,25,28,31-33,38-39,52-57,61,75-76,87H,5-6,8,13,20-24,26-27,29-30,34-37,72H2,1-2H3,(H2,73,92)(H,74,78)(H,77,93)(H,79,88)(H,80,96)(H,81,94)(H,82,97)(H,83,95)(H,84,99)(H,85,89)(H,90,91)/t39-,52-,53-,54-,55-,56-,57-,61-,70-/m0/s1. The zero-order valence-corrected chi connectivity index (χ0v) is 57.4. The normalized spacial score (nSPS) is 23.0. The molecule has 0 unspecified atom stereocenters. The van der Waals surface area contributed by atoms with Crippen LogP contribution in [-0.2, 0) is 83.5 Å². The maximum Gasteiger partial charge on any atom is 0.305 e. The lowest BCUT2D eigenvalue weighted by molar-refractivity contribution is -0.147. The Hall–Kier alpha value is -10.3. The number of hydrogen-bond donors (Lipinski definition) is 15. The summed E-state index contributed by atoms with van der Waals surface area (Å²) in [6.45, 7) is 2.83. The van der Waals surface area contributed by atoms with Crippen LogP contribution in [0.1, 0.15) is 98.2 Å². The summed E-state index contributed by atoms with van der Waals surface area (Å²) in [4.78, 5) is 172. The maximum atomic E-state index is 15.3. The van der Waals surface area contributed by atoms with Gasteiger partial charge in [-0.25, -0.2) is 9.37 Å². The first-order valence-electron chi connectivity index (χ1n) is 33.2. The summed E-state index contributed by atoms with van der Waals surface area (Å²) < 4.78 is 15.0. The van der Waals surface area contributed by atoms with Crippen LogP contribution in [0.3, 0.4) is 0 Å². The molecular weight excluding hydrogens is 1340 g/mol. The van der Waals surface area contributed by atoms with Crippen LogP contribution in [0.2, 0.25) is 0 Å². The monoisotopic (exact) mass is 1430 g/mol. The van der Waals surface area contributed by atoms with Crippen molar-refractivity contribution in [2.24, 2.45) is 11.5 Å². The van der Waals surface area contributed by atoms with Crippen molar-refractivity contribution in [2.75, 3.05) is 31.1 Å². The molecule has 0 radical (unpaired) electrons. The molecule has 0 saturated carbocycles. The van der Waals surface area contributed by atoms with E-state index in [1.54, 1.807) is 37.4 Å². The summed E-state index contributed by atoms with van der Waals surface area (Å²) >= 11 is 2.81. The summed E-state index contributed by atoms with van der Waals surface area (Å²) in [5.74, 6) is -10.5. The molecule has 10 amide bonds. The van der Waals surface area contributed by atoms with E-state index in [1.807, 2.05) is 24.3 Å². The van der Waals surface area contributed by atoms with Gasteiger partial charge in [0.25, 0.3) is 0 Å². The third-order valence-corrected chi connectivity index (χ3v) is 20.1. The highest BCUT2D eigenvalue weighted by atomic mass is 32.2. The number of phenolic OH excluding ortho intramolecular Hbond substituents is 1. The molecule has 2 aliphatic rings. The van der Waals surface area contributed by atoms with Crippen molar-refractivity contribution in [3.05, 3.63) is 155 Å². The van der Waals surface area contributed by atoms with E-state index < -0.39 is 144 Å². The molecule has 1 fully saturated rings. The van der Waals surface area contributed by atoms with Crippen molar-refractivity contribution in [1.82, 2.24) is 67.4 Å². The van der Waals surface area contributed by atoms with E-state index in [4.69, 9.17) is 11.5 Å². The average Bonchev–Trinajstić information content (AvgIpc) is 1.70. The molecule has 0 spiro atoms. The summed E-state index contributed by atoms with van der Waals surface area (Å²) in [5, 5.41) is 43.0. The Morgan fingerprint density at radius 2 is 1.39 bits per heavy atom. The number of phenols is 1. The number of thioether (sulfide) groups is 2. The number of halogens is 1. The predicted molar refractivity (Wildman–Crippen MR) is 376 cm³/mol. The number of hydrogen-bond acceptors (Lipinski definition) is 16. The molecule has 9 rings (SSSR count). The molecule has 28 nitrogen and oxygen atoms in total. The topological polar surface area (TPSA) is 440 Å². The number of imidazole rings is 1. The van der Waals surface area contributed by atoms with Crippen molar-refractivity contribution in [3.63, 3.8) is 0 Å². The number of aromatic hydroxyl groups is 1. The molecular formula is C70H84FN15O13S2. The van der Waals surface area contributed by atoms with Gasteiger partial charge in [-0.05, 0) is 110 Å². The number of carbonyl (C=O) groups excluding carboxylic acids is 10. The lowest BCUT2D eigenvalue weighted by Crippen LogP contribution is -2.63. The third-order valence-electron chi connectivity index (χ3n) is 18.0. The Morgan fingerprint density at radius 1 is 0.703 bits per heavy atom. The van der Waals surface area contributed by atoms with Crippen LogP contribution in [0.15, 0.2) is 116 Å². The second-order valence-electron chi connectivity index (χ2n) is 25.4. The SMILES string of the molecule is C[C@@H](c1c[nH]c2ccccc12)[C@@H]1NC(=O)CNC(=O)[C@H](CCCCN)NC(=O)CCSCc2cccc(c2)CSC[C@@H](C(N)=O)NC(=O)[C@]2(C)CCCN2C(=O)[C@H](Cc2ccc(O)cc2)NC(=O)[C@H](Cc2cnc[nH]2)NC(=O)[C@H](CC(=O)O)NC(=O)[C@H](Cc2c[nH]c3ccc(F)cc23)NC1=O.